The second-order valence-electron chi connectivity index (χ2n) is 5.41. The highest BCUT2D eigenvalue weighted by molar-refractivity contribution is 5.85. The molecule has 2 aromatic rings. The molecule has 0 saturated heterocycles. The topological polar surface area (TPSA) is 80.1 Å². The lowest BCUT2D eigenvalue weighted by Gasteiger charge is -2.12. The predicted octanol–water partition coefficient (Wildman–Crippen LogP) is 3.19. The van der Waals surface area contributed by atoms with Crippen LogP contribution in [0.2, 0.25) is 0 Å². The first-order valence-electron chi connectivity index (χ1n) is 8.28. The van der Waals surface area contributed by atoms with Gasteiger partial charge in [-0.2, -0.15) is 10.2 Å². The highest BCUT2D eigenvalue weighted by Crippen LogP contribution is 2.38. The van der Waals surface area contributed by atoms with Gasteiger partial charge in [0.1, 0.15) is 0 Å². The average Bonchev–Trinajstić information content (AvgIpc) is 2.74. The van der Waals surface area contributed by atoms with Gasteiger partial charge in [-0.3, -0.25) is 0 Å². The largest absolute Gasteiger partial charge is 0.493 e. The van der Waals surface area contributed by atoms with Crippen LogP contribution in [0.4, 0.5) is 0 Å². The van der Waals surface area contributed by atoms with Crippen LogP contribution >= 0.6 is 0 Å². The molecule has 0 spiro atoms. The average molecular weight is 388 g/mol. The third kappa shape index (κ3) is 4.64. The van der Waals surface area contributed by atoms with Crippen molar-refractivity contribution in [2.24, 2.45) is 10.2 Å². The van der Waals surface area contributed by atoms with E-state index in [2.05, 4.69) is 10.2 Å². The summed E-state index contributed by atoms with van der Waals surface area (Å²) < 4.78 is 31.9. The van der Waals surface area contributed by atoms with E-state index in [-0.39, 0.29) is 0 Å². The van der Waals surface area contributed by atoms with Crippen molar-refractivity contribution < 1.29 is 28.4 Å². The normalized spacial score (nSPS) is 10.9. The Morgan fingerprint density at radius 3 is 1.00 bits per heavy atom. The number of hydrogen-bond acceptors (Lipinski definition) is 8. The molecule has 2 aromatic carbocycles. The van der Waals surface area contributed by atoms with Gasteiger partial charge in [-0.05, 0) is 24.3 Å². The van der Waals surface area contributed by atoms with Gasteiger partial charge in [0.15, 0.2) is 23.0 Å². The lowest BCUT2D eigenvalue weighted by molar-refractivity contribution is 0.324. The minimum atomic E-state index is 0.517. The number of benzene rings is 2. The molecule has 0 saturated carbocycles. The van der Waals surface area contributed by atoms with Crippen molar-refractivity contribution in [2.75, 3.05) is 42.7 Å². The Kier molecular flexibility index (Phi) is 7.50. The smallest absolute Gasteiger partial charge is 0.203 e. The van der Waals surface area contributed by atoms with E-state index in [0.717, 1.165) is 11.1 Å². The van der Waals surface area contributed by atoms with Crippen LogP contribution in [0, 0.1) is 0 Å². The summed E-state index contributed by atoms with van der Waals surface area (Å²) in [6, 6.07) is 7.11. The summed E-state index contributed by atoms with van der Waals surface area (Å²) in [6.45, 7) is 0. The summed E-state index contributed by atoms with van der Waals surface area (Å²) in [5.41, 5.74) is 1.49. The number of ether oxygens (including phenoxy) is 6. The Hall–Kier alpha value is -3.42. The minimum Gasteiger partial charge on any atom is -0.493 e. The Labute approximate surface area is 164 Å². The fraction of sp³-hybridized carbons (Fsp3) is 0.300. The lowest BCUT2D eigenvalue weighted by Crippen LogP contribution is -1.97. The number of nitrogens with zero attached hydrogens (tertiary/aromatic N) is 2. The maximum Gasteiger partial charge on any atom is 0.203 e. The first-order valence-corrected chi connectivity index (χ1v) is 8.28. The van der Waals surface area contributed by atoms with Crippen LogP contribution in [-0.2, 0) is 0 Å². The molecule has 0 atom stereocenters. The van der Waals surface area contributed by atoms with Gasteiger partial charge in [0.25, 0.3) is 0 Å². The first kappa shape index (κ1) is 20.9. The molecule has 0 aliphatic carbocycles. The van der Waals surface area contributed by atoms with Gasteiger partial charge < -0.3 is 28.4 Å². The van der Waals surface area contributed by atoms with Gasteiger partial charge in [0.2, 0.25) is 11.5 Å². The number of rotatable bonds is 9. The Bertz CT molecular complexity index is 742. The van der Waals surface area contributed by atoms with E-state index < -0.39 is 0 Å². The summed E-state index contributed by atoms with van der Waals surface area (Å²) in [4.78, 5) is 0. The number of methoxy groups -OCH3 is 6. The zero-order valence-electron chi connectivity index (χ0n) is 16.8. The lowest BCUT2D eigenvalue weighted by atomic mass is 10.2. The van der Waals surface area contributed by atoms with Gasteiger partial charge in [0, 0.05) is 11.1 Å². The molecule has 0 aromatic heterocycles. The zero-order chi connectivity index (χ0) is 20.5. The molecule has 0 amide bonds. The molecular weight excluding hydrogens is 364 g/mol. The molecule has 2 rings (SSSR count). The van der Waals surface area contributed by atoms with Gasteiger partial charge in [-0.1, -0.05) is 0 Å². The molecule has 8 heteroatoms. The molecule has 0 radical (unpaired) electrons. The highest BCUT2D eigenvalue weighted by atomic mass is 16.5. The molecule has 0 unspecified atom stereocenters. The first-order chi connectivity index (χ1) is 13.6. The molecule has 28 heavy (non-hydrogen) atoms. The fourth-order valence-corrected chi connectivity index (χ4v) is 2.55. The summed E-state index contributed by atoms with van der Waals surface area (Å²) in [5.74, 6) is 3.19. The van der Waals surface area contributed by atoms with E-state index >= 15 is 0 Å². The second kappa shape index (κ2) is 10.1. The van der Waals surface area contributed by atoms with E-state index in [0.29, 0.717) is 34.5 Å². The Morgan fingerprint density at radius 2 is 0.786 bits per heavy atom. The van der Waals surface area contributed by atoms with Crippen molar-refractivity contribution in [3.05, 3.63) is 35.4 Å². The van der Waals surface area contributed by atoms with Crippen LogP contribution in [0.3, 0.4) is 0 Å². The molecule has 0 aliphatic rings. The van der Waals surface area contributed by atoms with E-state index in [9.17, 15) is 0 Å². The SMILES string of the molecule is COc1cc(/C=N\N=C\c2cc(OC)c(OC)c(OC)c2)cc(OC)c1OC. The molecule has 0 bridgehead atoms. The van der Waals surface area contributed by atoms with Crippen LogP contribution in [0.15, 0.2) is 34.5 Å². The van der Waals surface area contributed by atoms with Gasteiger partial charge in [-0.15, -0.1) is 0 Å². The molecule has 0 fully saturated rings. The van der Waals surface area contributed by atoms with E-state index in [4.69, 9.17) is 28.4 Å². The van der Waals surface area contributed by atoms with Crippen molar-refractivity contribution >= 4 is 12.4 Å². The predicted molar refractivity (Wildman–Crippen MR) is 107 cm³/mol. The maximum atomic E-state index is 5.32. The van der Waals surface area contributed by atoms with Crippen molar-refractivity contribution in [3.63, 3.8) is 0 Å². The van der Waals surface area contributed by atoms with Crippen LogP contribution in [0.5, 0.6) is 34.5 Å². The van der Waals surface area contributed by atoms with Crippen LogP contribution in [0.1, 0.15) is 11.1 Å². The number of hydrogen-bond donors (Lipinski definition) is 0. The summed E-state index contributed by atoms with van der Waals surface area (Å²) in [7, 11) is 9.33. The zero-order valence-corrected chi connectivity index (χ0v) is 16.8. The van der Waals surface area contributed by atoms with E-state index in [1.165, 1.54) is 0 Å². The molecule has 0 N–H and O–H groups in total. The van der Waals surface area contributed by atoms with E-state index in [1.54, 1.807) is 79.4 Å². The van der Waals surface area contributed by atoms with Crippen molar-refractivity contribution in [2.45, 2.75) is 0 Å². The van der Waals surface area contributed by atoms with Crippen LogP contribution in [0.25, 0.3) is 0 Å². The van der Waals surface area contributed by atoms with Gasteiger partial charge in [0.05, 0.1) is 55.1 Å². The van der Waals surface area contributed by atoms with E-state index in [1.807, 2.05) is 0 Å². The molecule has 0 aliphatic heterocycles. The third-order valence-electron chi connectivity index (χ3n) is 3.85. The van der Waals surface area contributed by atoms with Crippen molar-refractivity contribution in [1.29, 1.82) is 0 Å². The van der Waals surface area contributed by atoms with Gasteiger partial charge in [-0.25, -0.2) is 0 Å². The monoisotopic (exact) mass is 388 g/mol. The highest BCUT2D eigenvalue weighted by Gasteiger charge is 2.13. The standard InChI is InChI=1S/C20H24N2O6/c1-23-15-7-13(8-16(24-2)19(15)27-5)11-21-22-12-14-9-17(25-3)20(28-6)18(10-14)26-4/h7-12H,1-6H3/b21-11-,22-12+. The summed E-state index contributed by atoms with van der Waals surface area (Å²) in [6.07, 6.45) is 3.16. The quantitative estimate of drug-likeness (QED) is 0.485. The summed E-state index contributed by atoms with van der Waals surface area (Å²) >= 11 is 0. The minimum absolute atomic E-state index is 0.517. The second-order valence-corrected chi connectivity index (χ2v) is 5.41. The Morgan fingerprint density at radius 1 is 0.500 bits per heavy atom. The fourth-order valence-electron chi connectivity index (χ4n) is 2.55. The molecule has 8 nitrogen and oxygen atoms in total. The van der Waals surface area contributed by atoms with Crippen LogP contribution < -0.4 is 28.4 Å². The van der Waals surface area contributed by atoms with Crippen molar-refractivity contribution in [3.8, 4) is 34.5 Å². The van der Waals surface area contributed by atoms with Crippen LogP contribution in [-0.4, -0.2) is 55.1 Å². The van der Waals surface area contributed by atoms with Crippen molar-refractivity contribution in [1.82, 2.24) is 0 Å². The molecule has 150 valence electrons. The summed E-state index contributed by atoms with van der Waals surface area (Å²) in [5, 5.41) is 8.15. The molecular formula is C20H24N2O6. The Balaban J connectivity index is 2.26. The molecule has 0 heterocycles. The van der Waals surface area contributed by atoms with Gasteiger partial charge >= 0.3 is 0 Å². The maximum absolute atomic E-state index is 5.32. The third-order valence-corrected chi connectivity index (χ3v) is 3.85.